The fourth-order valence-corrected chi connectivity index (χ4v) is 3.40. The van der Waals surface area contributed by atoms with Gasteiger partial charge in [0.1, 0.15) is 23.7 Å². The average molecular weight is 484 g/mol. The minimum Gasteiger partial charge on any atom is -0.497 e. The summed E-state index contributed by atoms with van der Waals surface area (Å²) in [5, 5.41) is -0.0668. The van der Waals surface area contributed by atoms with Gasteiger partial charge in [-0.05, 0) is 35.4 Å². The van der Waals surface area contributed by atoms with Crippen LogP contribution in [0.2, 0.25) is 0 Å². The van der Waals surface area contributed by atoms with Gasteiger partial charge < -0.3 is 18.6 Å². The predicted octanol–water partition coefficient (Wildman–Crippen LogP) is 5.61. The van der Waals surface area contributed by atoms with Crippen LogP contribution in [-0.4, -0.2) is 19.7 Å². The Labute approximate surface area is 197 Å². The highest BCUT2D eigenvalue weighted by Gasteiger charge is 2.39. The molecule has 0 aliphatic heterocycles. The highest BCUT2D eigenvalue weighted by atomic mass is 19.4. The lowest BCUT2D eigenvalue weighted by Gasteiger charge is -2.14. The molecule has 0 saturated heterocycles. The Hall–Kier alpha value is -4.27. The van der Waals surface area contributed by atoms with E-state index in [1.54, 1.807) is 24.3 Å². The maximum atomic E-state index is 13.8. The van der Waals surface area contributed by atoms with Crippen molar-refractivity contribution in [2.45, 2.75) is 12.8 Å². The van der Waals surface area contributed by atoms with Crippen molar-refractivity contribution in [1.82, 2.24) is 0 Å². The topological polar surface area (TPSA) is 75.0 Å². The summed E-state index contributed by atoms with van der Waals surface area (Å²) in [6.07, 6.45) is -4.93. The van der Waals surface area contributed by atoms with Crippen molar-refractivity contribution in [2.24, 2.45) is 0 Å². The van der Waals surface area contributed by atoms with Gasteiger partial charge in [0.15, 0.2) is 6.61 Å². The summed E-state index contributed by atoms with van der Waals surface area (Å²) in [6.45, 7) is -0.419. The van der Waals surface area contributed by atoms with E-state index in [2.05, 4.69) is 0 Å². The first kappa shape index (κ1) is 23.9. The molecular formula is C26H19F3O6. The molecule has 0 spiro atoms. The van der Waals surface area contributed by atoms with Gasteiger partial charge in [0, 0.05) is 6.07 Å². The van der Waals surface area contributed by atoms with Crippen molar-refractivity contribution in [3.05, 3.63) is 94.3 Å². The number of benzene rings is 3. The number of ether oxygens (including phenoxy) is 3. The molecule has 0 radical (unpaired) electrons. The van der Waals surface area contributed by atoms with Crippen molar-refractivity contribution >= 4 is 16.9 Å². The van der Waals surface area contributed by atoms with Gasteiger partial charge in [0.25, 0.3) is 0 Å². The molecule has 4 rings (SSSR count). The molecule has 0 unspecified atom stereocenters. The Bertz CT molecular complexity index is 1390. The number of alkyl halides is 3. The largest absolute Gasteiger partial charge is 0.497 e. The number of carbonyl (C=O) groups is 1. The summed E-state index contributed by atoms with van der Waals surface area (Å²) in [7, 11) is 1.42. The summed E-state index contributed by atoms with van der Waals surface area (Å²) in [4.78, 5) is 25.0. The Morgan fingerprint density at radius 3 is 2.29 bits per heavy atom. The van der Waals surface area contributed by atoms with Crippen molar-refractivity contribution in [3.63, 3.8) is 0 Å². The summed E-state index contributed by atoms with van der Waals surface area (Å²) in [6, 6.07) is 18.4. The highest BCUT2D eigenvalue weighted by Crippen LogP contribution is 2.38. The molecule has 0 aliphatic carbocycles. The van der Waals surface area contributed by atoms with Crippen molar-refractivity contribution < 1.29 is 36.6 Å². The third-order valence-corrected chi connectivity index (χ3v) is 5.10. The zero-order chi connectivity index (χ0) is 25.0. The van der Waals surface area contributed by atoms with Crippen LogP contribution >= 0.6 is 0 Å². The Kier molecular flexibility index (Phi) is 6.77. The lowest BCUT2D eigenvalue weighted by Crippen LogP contribution is -2.16. The number of halogens is 3. The SMILES string of the molecule is COc1ccc(-c2c(C(F)(F)F)oc3cc(OCC(=O)OCc4ccccc4)ccc3c2=O)cc1. The molecule has 0 amide bonds. The van der Waals surface area contributed by atoms with E-state index in [1.807, 2.05) is 6.07 Å². The van der Waals surface area contributed by atoms with Crippen LogP contribution in [0.15, 0.2) is 82.0 Å². The predicted molar refractivity (Wildman–Crippen MR) is 121 cm³/mol. The minimum atomic E-state index is -4.93. The van der Waals surface area contributed by atoms with Crippen LogP contribution in [0.25, 0.3) is 22.1 Å². The highest BCUT2D eigenvalue weighted by molar-refractivity contribution is 5.84. The minimum absolute atomic E-state index is 0.0373. The van der Waals surface area contributed by atoms with Crippen LogP contribution in [0, 0.1) is 0 Å². The van der Waals surface area contributed by atoms with Gasteiger partial charge in [0.05, 0.1) is 18.1 Å². The molecule has 0 N–H and O–H groups in total. The first-order valence-corrected chi connectivity index (χ1v) is 10.4. The number of hydrogen-bond donors (Lipinski definition) is 0. The molecule has 35 heavy (non-hydrogen) atoms. The second-order valence-electron chi connectivity index (χ2n) is 7.45. The van der Waals surface area contributed by atoms with Crippen LogP contribution in [0.3, 0.4) is 0 Å². The molecule has 0 bridgehead atoms. The van der Waals surface area contributed by atoms with E-state index >= 15 is 0 Å². The Morgan fingerprint density at radius 2 is 1.63 bits per heavy atom. The van der Waals surface area contributed by atoms with Crippen LogP contribution in [0.5, 0.6) is 11.5 Å². The molecule has 4 aromatic rings. The molecule has 0 fully saturated rings. The molecular weight excluding hydrogens is 465 g/mol. The first-order valence-electron chi connectivity index (χ1n) is 10.4. The lowest BCUT2D eigenvalue weighted by atomic mass is 10.0. The van der Waals surface area contributed by atoms with E-state index in [4.69, 9.17) is 18.6 Å². The van der Waals surface area contributed by atoms with E-state index in [-0.39, 0.29) is 28.9 Å². The van der Waals surface area contributed by atoms with Crippen molar-refractivity contribution in [2.75, 3.05) is 13.7 Å². The number of carbonyl (C=O) groups excluding carboxylic acids is 1. The van der Waals surface area contributed by atoms with Gasteiger partial charge in [-0.3, -0.25) is 4.79 Å². The van der Waals surface area contributed by atoms with Crippen molar-refractivity contribution in [1.29, 1.82) is 0 Å². The fraction of sp³-hybridized carbons (Fsp3) is 0.154. The number of rotatable bonds is 7. The van der Waals surface area contributed by atoms with Gasteiger partial charge in [-0.25, -0.2) is 4.79 Å². The van der Waals surface area contributed by atoms with E-state index in [0.717, 1.165) is 11.6 Å². The van der Waals surface area contributed by atoms with Crippen LogP contribution in [-0.2, 0) is 22.3 Å². The standard InChI is InChI=1S/C26H19F3O6/c1-32-18-9-7-17(8-10-18)23-24(31)20-12-11-19(13-21(20)35-25(23)26(27,28)29)33-15-22(30)34-14-16-5-3-2-4-6-16/h2-13H,14-15H2,1H3. The smallest absolute Gasteiger partial charge is 0.450 e. The molecule has 9 heteroatoms. The molecule has 1 heterocycles. The molecule has 0 atom stereocenters. The number of hydrogen-bond acceptors (Lipinski definition) is 6. The zero-order valence-corrected chi connectivity index (χ0v) is 18.4. The molecule has 180 valence electrons. The fourth-order valence-electron chi connectivity index (χ4n) is 3.40. The molecule has 3 aromatic carbocycles. The summed E-state index contributed by atoms with van der Waals surface area (Å²) < 4.78 is 62.1. The Balaban J connectivity index is 1.60. The monoisotopic (exact) mass is 484 g/mol. The molecule has 1 aromatic heterocycles. The van der Waals surface area contributed by atoms with Crippen LogP contribution in [0.1, 0.15) is 11.3 Å². The van der Waals surface area contributed by atoms with Crippen LogP contribution < -0.4 is 14.9 Å². The first-order chi connectivity index (χ1) is 16.8. The third-order valence-electron chi connectivity index (χ3n) is 5.10. The zero-order valence-electron chi connectivity index (χ0n) is 18.4. The third kappa shape index (κ3) is 5.46. The molecule has 6 nitrogen and oxygen atoms in total. The quantitative estimate of drug-likeness (QED) is 0.318. The van der Waals surface area contributed by atoms with E-state index in [9.17, 15) is 22.8 Å². The van der Waals surface area contributed by atoms with E-state index in [1.165, 1.54) is 43.5 Å². The van der Waals surface area contributed by atoms with Gasteiger partial charge in [-0.1, -0.05) is 42.5 Å². The lowest BCUT2D eigenvalue weighted by molar-refractivity contribution is -0.152. The Morgan fingerprint density at radius 1 is 0.943 bits per heavy atom. The number of fused-ring (bicyclic) bond motifs is 1. The van der Waals surface area contributed by atoms with Gasteiger partial charge in [-0.2, -0.15) is 13.2 Å². The average Bonchev–Trinajstić information content (AvgIpc) is 2.86. The summed E-state index contributed by atoms with van der Waals surface area (Å²) in [5.74, 6) is -1.62. The van der Waals surface area contributed by atoms with Gasteiger partial charge in [0.2, 0.25) is 11.2 Å². The summed E-state index contributed by atoms with van der Waals surface area (Å²) in [5.41, 5.74) is -0.950. The van der Waals surface area contributed by atoms with Gasteiger partial charge in [-0.15, -0.1) is 0 Å². The second kappa shape index (κ2) is 9.92. The number of esters is 1. The second-order valence-corrected chi connectivity index (χ2v) is 7.45. The summed E-state index contributed by atoms with van der Waals surface area (Å²) >= 11 is 0. The van der Waals surface area contributed by atoms with E-state index < -0.39 is 35.5 Å². The normalized spacial score (nSPS) is 11.3. The van der Waals surface area contributed by atoms with Crippen LogP contribution in [0.4, 0.5) is 13.2 Å². The van der Waals surface area contributed by atoms with Crippen molar-refractivity contribution in [3.8, 4) is 22.6 Å². The maximum Gasteiger partial charge on any atom is 0.450 e. The number of methoxy groups -OCH3 is 1. The van der Waals surface area contributed by atoms with E-state index in [0.29, 0.717) is 5.75 Å². The molecule has 0 aliphatic rings. The molecule has 0 saturated carbocycles. The maximum absolute atomic E-state index is 13.8. The van der Waals surface area contributed by atoms with Gasteiger partial charge >= 0.3 is 12.1 Å².